The second-order valence-electron chi connectivity index (χ2n) is 8.06. The molecule has 1 aromatic heterocycles. The summed E-state index contributed by atoms with van der Waals surface area (Å²) in [5, 5.41) is 0.530. The zero-order chi connectivity index (χ0) is 22.7. The molecule has 32 heavy (non-hydrogen) atoms. The van der Waals surface area contributed by atoms with E-state index in [2.05, 4.69) is 16.7 Å². The SMILES string of the molecule is CC(C)COC(=O)CN1C(=O)S/C(=C\c2cn(Cc3ccccc3)c3ccccc23)C1=O. The number of nitrogens with zero attached hydrogens (tertiary/aromatic N) is 2. The average molecular weight is 449 g/mol. The zero-order valence-corrected chi connectivity index (χ0v) is 18.8. The van der Waals surface area contributed by atoms with Gasteiger partial charge in [0.15, 0.2) is 0 Å². The number of ether oxygens (including phenoxy) is 1. The molecule has 0 N–H and O–H groups in total. The largest absolute Gasteiger partial charge is 0.464 e. The van der Waals surface area contributed by atoms with Gasteiger partial charge in [-0.3, -0.25) is 19.3 Å². The number of amides is 2. The van der Waals surface area contributed by atoms with Gasteiger partial charge in [0, 0.05) is 29.2 Å². The van der Waals surface area contributed by atoms with Gasteiger partial charge >= 0.3 is 5.97 Å². The number of carbonyl (C=O) groups is 3. The zero-order valence-electron chi connectivity index (χ0n) is 18.0. The molecule has 1 saturated heterocycles. The summed E-state index contributed by atoms with van der Waals surface area (Å²) in [5.74, 6) is -0.870. The van der Waals surface area contributed by atoms with E-state index in [0.717, 1.165) is 33.1 Å². The van der Waals surface area contributed by atoms with Gasteiger partial charge in [0.1, 0.15) is 6.54 Å². The second kappa shape index (κ2) is 9.44. The molecule has 0 bridgehead atoms. The Kier molecular flexibility index (Phi) is 6.46. The number of fused-ring (bicyclic) bond motifs is 1. The number of rotatable bonds is 7. The van der Waals surface area contributed by atoms with Crippen LogP contribution in [0.15, 0.2) is 65.7 Å². The van der Waals surface area contributed by atoms with Crippen LogP contribution in [0.5, 0.6) is 0 Å². The Labute approximate surface area is 190 Å². The molecule has 2 amide bonds. The number of para-hydroxylation sites is 1. The number of hydrogen-bond donors (Lipinski definition) is 0. The molecular formula is C25H24N2O4S. The summed E-state index contributed by atoms with van der Waals surface area (Å²) in [6.45, 7) is 4.42. The van der Waals surface area contributed by atoms with E-state index in [-0.39, 0.29) is 19.1 Å². The predicted molar refractivity (Wildman–Crippen MR) is 126 cm³/mol. The van der Waals surface area contributed by atoms with E-state index in [1.54, 1.807) is 6.08 Å². The van der Waals surface area contributed by atoms with E-state index in [1.165, 1.54) is 5.56 Å². The molecule has 0 spiro atoms. The van der Waals surface area contributed by atoms with Gasteiger partial charge in [-0.2, -0.15) is 0 Å². The van der Waals surface area contributed by atoms with Gasteiger partial charge in [-0.15, -0.1) is 0 Å². The quantitative estimate of drug-likeness (QED) is 0.379. The highest BCUT2D eigenvalue weighted by molar-refractivity contribution is 8.18. The Balaban J connectivity index is 1.58. The van der Waals surface area contributed by atoms with Gasteiger partial charge in [0.2, 0.25) is 0 Å². The summed E-state index contributed by atoms with van der Waals surface area (Å²) in [4.78, 5) is 38.5. The summed E-state index contributed by atoms with van der Waals surface area (Å²) in [5.41, 5.74) is 3.06. The molecule has 0 unspecified atom stereocenters. The first-order valence-electron chi connectivity index (χ1n) is 10.4. The lowest BCUT2D eigenvalue weighted by atomic mass is 10.1. The van der Waals surface area contributed by atoms with Crippen LogP contribution in [0, 0.1) is 5.92 Å². The first-order valence-corrected chi connectivity index (χ1v) is 11.3. The summed E-state index contributed by atoms with van der Waals surface area (Å²) < 4.78 is 7.25. The molecule has 1 aliphatic rings. The smallest absolute Gasteiger partial charge is 0.326 e. The summed E-state index contributed by atoms with van der Waals surface area (Å²) >= 11 is 0.846. The lowest BCUT2D eigenvalue weighted by molar-refractivity contribution is -0.147. The fraction of sp³-hybridized carbons (Fsp3) is 0.240. The number of hydrogen-bond acceptors (Lipinski definition) is 5. The third kappa shape index (κ3) is 4.78. The van der Waals surface area contributed by atoms with E-state index in [0.29, 0.717) is 11.4 Å². The van der Waals surface area contributed by atoms with Crippen LogP contribution in [0.1, 0.15) is 25.0 Å². The minimum Gasteiger partial charge on any atom is -0.464 e. The number of thioether (sulfide) groups is 1. The van der Waals surface area contributed by atoms with Crippen molar-refractivity contribution in [3.8, 4) is 0 Å². The van der Waals surface area contributed by atoms with Crippen molar-refractivity contribution in [1.29, 1.82) is 0 Å². The van der Waals surface area contributed by atoms with Crippen LogP contribution in [-0.2, 0) is 20.9 Å². The maximum Gasteiger partial charge on any atom is 0.326 e. The molecular weight excluding hydrogens is 424 g/mol. The maximum atomic E-state index is 12.8. The van der Waals surface area contributed by atoms with Crippen molar-refractivity contribution in [1.82, 2.24) is 9.47 Å². The van der Waals surface area contributed by atoms with E-state index in [9.17, 15) is 14.4 Å². The molecule has 2 heterocycles. The standard InChI is InChI=1S/C25H24N2O4S/c1-17(2)16-31-23(28)15-27-24(29)22(32-25(27)30)12-19-14-26(13-18-8-4-3-5-9-18)21-11-7-6-10-20(19)21/h3-12,14,17H,13,15-16H2,1-2H3/b22-12-. The third-order valence-corrected chi connectivity index (χ3v) is 5.95. The molecule has 1 aliphatic heterocycles. The second-order valence-corrected chi connectivity index (χ2v) is 9.05. The van der Waals surface area contributed by atoms with Crippen LogP contribution in [0.2, 0.25) is 0 Å². The Morgan fingerprint density at radius 3 is 2.53 bits per heavy atom. The lowest BCUT2D eigenvalue weighted by Gasteiger charge is -2.12. The van der Waals surface area contributed by atoms with Crippen LogP contribution in [0.3, 0.4) is 0 Å². The Morgan fingerprint density at radius 2 is 1.78 bits per heavy atom. The fourth-order valence-electron chi connectivity index (χ4n) is 3.51. The van der Waals surface area contributed by atoms with Gasteiger partial charge in [-0.05, 0) is 35.4 Å². The van der Waals surface area contributed by atoms with E-state index in [1.807, 2.05) is 62.5 Å². The van der Waals surface area contributed by atoms with Crippen molar-refractivity contribution < 1.29 is 19.1 Å². The van der Waals surface area contributed by atoms with Gasteiger partial charge in [-0.25, -0.2) is 0 Å². The topological polar surface area (TPSA) is 68.6 Å². The maximum absolute atomic E-state index is 12.8. The molecule has 1 fully saturated rings. The number of carbonyl (C=O) groups excluding carboxylic acids is 3. The highest BCUT2D eigenvalue weighted by Gasteiger charge is 2.36. The lowest BCUT2D eigenvalue weighted by Crippen LogP contribution is -2.34. The fourth-order valence-corrected chi connectivity index (χ4v) is 4.34. The van der Waals surface area contributed by atoms with Crippen LogP contribution in [0.4, 0.5) is 4.79 Å². The van der Waals surface area contributed by atoms with E-state index in [4.69, 9.17) is 4.74 Å². The number of imide groups is 1. The number of aromatic nitrogens is 1. The molecule has 0 aliphatic carbocycles. The minimum atomic E-state index is -0.582. The molecule has 7 heteroatoms. The summed E-state index contributed by atoms with van der Waals surface area (Å²) in [6, 6.07) is 18.1. The first-order chi connectivity index (χ1) is 15.4. The van der Waals surface area contributed by atoms with E-state index < -0.39 is 17.1 Å². The molecule has 6 nitrogen and oxygen atoms in total. The minimum absolute atomic E-state index is 0.182. The van der Waals surface area contributed by atoms with Gasteiger partial charge < -0.3 is 9.30 Å². The van der Waals surface area contributed by atoms with Crippen LogP contribution >= 0.6 is 11.8 Å². The molecule has 0 saturated carbocycles. The normalized spacial score (nSPS) is 15.3. The van der Waals surface area contributed by atoms with Crippen molar-refractivity contribution >= 4 is 45.9 Å². The molecule has 164 valence electrons. The molecule has 3 aromatic rings. The number of benzene rings is 2. The molecule has 0 atom stereocenters. The first kappa shape index (κ1) is 21.9. The monoisotopic (exact) mass is 448 g/mol. The molecule has 4 rings (SSSR count). The number of esters is 1. The van der Waals surface area contributed by atoms with Crippen LogP contribution in [0.25, 0.3) is 17.0 Å². The highest BCUT2D eigenvalue weighted by Crippen LogP contribution is 2.34. The highest BCUT2D eigenvalue weighted by atomic mass is 32.2. The summed E-state index contributed by atoms with van der Waals surface area (Å²) in [6.07, 6.45) is 3.72. The van der Waals surface area contributed by atoms with Gasteiger partial charge in [0.05, 0.1) is 11.5 Å². The third-order valence-electron chi connectivity index (χ3n) is 5.04. The van der Waals surface area contributed by atoms with Crippen LogP contribution in [-0.4, -0.2) is 39.7 Å². The van der Waals surface area contributed by atoms with E-state index >= 15 is 0 Å². The van der Waals surface area contributed by atoms with Gasteiger partial charge in [-0.1, -0.05) is 62.4 Å². The van der Waals surface area contributed by atoms with Crippen molar-refractivity contribution in [2.24, 2.45) is 5.92 Å². The van der Waals surface area contributed by atoms with Crippen molar-refractivity contribution in [2.75, 3.05) is 13.2 Å². The average Bonchev–Trinajstić information content (AvgIpc) is 3.25. The van der Waals surface area contributed by atoms with Gasteiger partial charge in [0.25, 0.3) is 11.1 Å². The Bertz CT molecular complexity index is 1200. The Hall–Kier alpha value is -3.32. The van der Waals surface area contributed by atoms with Crippen molar-refractivity contribution in [2.45, 2.75) is 20.4 Å². The van der Waals surface area contributed by atoms with Crippen molar-refractivity contribution in [3.63, 3.8) is 0 Å². The molecule has 0 radical (unpaired) electrons. The van der Waals surface area contributed by atoms with Crippen LogP contribution < -0.4 is 0 Å². The predicted octanol–water partition coefficient (Wildman–Crippen LogP) is 4.93. The van der Waals surface area contributed by atoms with Crippen molar-refractivity contribution in [3.05, 3.63) is 76.8 Å². The molecule has 2 aromatic carbocycles. The Morgan fingerprint density at radius 1 is 1.06 bits per heavy atom. The summed E-state index contributed by atoms with van der Waals surface area (Å²) in [7, 11) is 0.